The van der Waals surface area contributed by atoms with Crippen molar-refractivity contribution in [2.75, 3.05) is 6.54 Å². The molecule has 1 aromatic rings. The maximum Gasteiger partial charge on any atom is 0.170 e. The Hall–Kier alpha value is -1.62. The van der Waals surface area contributed by atoms with Crippen LogP contribution in [0.15, 0.2) is 23.4 Å². The third-order valence-electron chi connectivity index (χ3n) is 3.93. The molecule has 0 heterocycles. The Labute approximate surface area is 118 Å². The molecule has 1 aromatic carbocycles. The summed E-state index contributed by atoms with van der Waals surface area (Å²) in [6.07, 6.45) is 3.85. The van der Waals surface area contributed by atoms with E-state index in [0.29, 0.717) is 12.1 Å². The van der Waals surface area contributed by atoms with Gasteiger partial charge < -0.3 is 16.3 Å². The summed E-state index contributed by atoms with van der Waals surface area (Å²) in [6, 6.07) is 4.47. The highest BCUT2D eigenvalue weighted by molar-refractivity contribution is 5.97. The predicted molar refractivity (Wildman–Crippen MR) is 77.1 cm³/mol. The molecule has 0 aromatic heterocycles. The van der Waals surface area contributed by atoms with Crippen molar-refractivity contribution in [1.82, 2.24) is 5.32 Å². The standard InChI is InChI=1S/C15H22FN3O/c1-10-2-3-11(4-10)8-18-9-12-5-13(15(17)19-20)7-14(16)6-12/h5-7,10-11,18,20H,2-4,8-9H2,1H3,(H2,17,19). The van der Waals surface area contributed by atoms with Gasteiger partial charge in [-0.1, -0.05) is 18.5 Å². The minimum atomic E-state index is -0.375. The van der Waals surface area contributed by atoms with Crippen molar-refractivity contribution in [2.45, 2.75) is 32.7 Å². The van der Waals surface area contributed by atoms with Gasteiger partial charge in [0.05, 0.1) is 0 Å². The van der Waals surface area contributed by atoms with Gasteiger partial charge in [0.1, 0.15) is 5.82 Å². The summed E-state index contributed by atoms with van der Waals surface area (Å²) in [5, 5.41) is 14.9. The molecular formula is C15H22FN3O. The van der Waals surface area contributed by atoms with Crippen LogP contribution in [-0.4, -0.2) is 17.6 Å². The fraction of sp³-hybridized carbons (Fsp3) is 0.533. The molecule has 2 unspecified atom stereocenters. The van der Waals surface area contributed by atoms with Gasteiger partial charge in [-0.15, -0.1) is 0 Å². The van der Waals surface area contributed by atoms with Crippen LogP contribution in [0.4, 0.5) is 4.39 Å². The zero-order valence-electron chi connectivity index (χ0n) is 11.8. The van der Waals surface area contributed by atoms with E-state index in [1.807, 2.05) is 0 Å². The number of rotatable bonds is 5. The van der Waals surface area contributed by atoms with Crippen LogP contribution in [0.5, 0.6) is 0 Å². The number of hydrogen-bond acceptors (Lipinski definition) is 3. The monoisotopic (exact) mass is 279 g/mol. The van der Waals surface area contributed by atoms with E-state index in [4.69, 9.17) is 10.9 Å². The minimum Gasteiger partial charge on any atom is -0.409 e. The number of nitrogens with zero attached hydrogens (tertiary/aromatic N) is 1. The summed E-state index contributed by atoms with van der Waals surface area (Å²) in [7, 11) is 0. The molecule has 0 radical (unpaired) electrons. The minimum absolute atomic E-state index is 0.0737. The van der Waals surface area contributed by atoms with E-state index in [0.717, 1.165) is 23.9 Å². The number of nitrogens with one attached hydrogen (secondary N) is 1. The van der Waals surface area contributed by atoms with Crippen molar-refractivity contribution < 1.29 is 9.60 Å². The molecule has 1 fully saturated rings. The van der Waals surface area contributed by atoms with E-state index in [1.54, 1.807) is 6.07 Å². The molecule has 0 amide bonds. The highest BCUT2D eigenvalue weighted by Gasteiger charge is 2.20. The molecule has 4 nitrogen and oxygen atoms in total. The summed E-state index contributed by atoms with van der Waals surface area (Å²) < 4.78 is 13.5. The van der Waals surface area contributed by atoms with Crippen LogP contribution in [0.2, 0.25) is 0 Å². The largest absolute Gasteiger partial charge is 0.409 e. The normalized spacial score (nSPS) is 23.2. The summed E-state index contributed by atoms with van der Waals surface area (Å²) in [5.41, 5.74) is 6.69. The Kier molecular flexibility index (Phi) is 4.95. The van der Waals surface area contributed by atoms with Crippen molar-refractivity contribution in [3.05, 3.63) is 35.1 Å². The average Bonchev–Trinajstić information content (AvgIpc) is 2.83. The molecule has 4 N–H and O–H groups in total. The zero-order valence-corrected chi connectivity index (χ0v) is 11.8. The quantitative estimate of drug-likeness (QED) is 0.335. The summed E-state index contributed by atoms with van der Waals surface area (Å²) in [4.78, 5) is 0. The molecular weight excluding hydrogens is 257 g/mol. The van der Waals surface area contributed by atoms with Crippen LogP contribution in [-0.2, 0) is 6.54 Å². The van der Waals surface area contributed by atoms with Gasteiger partial charge in [0.25, 0.3) is 0 Å². The van der Waals surface area contributed by atoms with Crippen molar-refractivity contribution >= 4 is 5.84 Å². The first kappa shape index (κ1) is 14.8. The topological polar surface area (TPSA) is 70.6 Å². The lowest BCUT2D eigenvalue weighted by Crippen LogP contribution is -2.21. The second-order valence-corrected chi connectivity index (χ2v) is 5.75. The summed E-state index contributed by atoms with van der Waals surface area (Å²) in [6.45, 7) is 3.84. The van der Waals surface area contributed by atoms with E-state index >= 15 is 0 Å². The molecule has 0 saturated heterocycles. The van der Waals surface area contributed by atoms with Crippen molar-refractivity contribution in [1.29, 1.82) is 0 Å². The Morgan fingerprint density at radius 3 is 2.90 bits per heavy atom. The number of halogens is 1. The van der Waals surface area contributed by atoms with E-state index in [1.165, 1.54) is 31.4 Å². The van der Waals surface area contributed by atoms with Crippen molar-refractivity contribution in [3.63, 3.8) is 0 Å². The molecule has 0 aliphatic heterocycles. The predicted octanol–water partition coefficient (Wildman–Crippen LogP) is 2.45. The fourth-order valence-corrected chi connectivity index (χ4v) is 2.89. The van der Waals surface area contributed by atoms with Gasteiger partial charge >= 0.3 is 0 Å². The molecule has 1 aliphatic rings. The first-order valence-corrected chi connectivity index (χ1v) is 7.06. The van der Waals surface area contributed by atoms with Gasteiger partial charge in [-0.2, -0.15) is 0 Å². The Bertz CT molecular complexity index is 490. The molecule has 110 valence electrons. The molecule has 20 heavy (non-hydrogen) atoms. The van der Waals surface area contributed by atoms with Crippen molar-refractivity contribution in [3.8, 4) is 0 Å². The van der Waals surface area contributed by atoms with Gasteiger partial charge in [-0.3, -0.25) is 0 Å². The molecule has 2 atom stereocenters. The first-order valence-electron chi connectivity index (χ1n) is 7.06. The number of hydrogen-bond donors (Lipinski definition) is 3. The molecule has 0 bridgehead atoms. The number of benzene rings is 1. The lowest BCUT2D eigenvalue weighted by atomic mass is 10.1. The molecule has 2 rings (SSSR count). The van der Waals surface area contributed by atoms with Gasteiger partial charge in [-0.25, -0.2) is 4.39 Å². The average molecular weight is 279 g/mol. The van der Waals surface area contributed by atoms with Crippen molar-refractivity contribution in [2.24, 2.45) is 22.7 Å². The Morgan fingerprint density at radius 2 is 2.25 bits per heavy atom. The fourth-order valence-electron chi connectivity index (χ4n) is 2.89. The van der Waals surface area contributed by atoms with E-state index in [2.05, 4.69) is 17.4 Å². The van der Waals surface area contributed by atoms with Gasteiger partial charge in [0, 0.05) is 12.1 Å². The number of oxime groups is 1. The zero-order chi connectivity index (χ0) is 14.5. The Balaban J connectivity index is 1.91. The molecule has 1 aliphatic carbocycles. The third-order valence-corrected chi connectivity index (χ3v) is 3.93. The lowest BCUT2D eigenvalue weighted by molar-refractivity contribution is 0.318. The van der Waals surface area contributed by atoms with Crippen LogP contribution < -0.4 is 11.1 Å². The maximum atomic E-state index is 13.5. The van der Waals surface area contributed by atoms with Gasteiger partial charge in [-0.05, 0) is 55.0 Å². The highest BCUT2D eigenvalue weighted by Crippen LogP contribution is 2.29. The maximum absolute atomic E-state index is 13.5. The second kappa shape index (κ2) is 6.70. The van der Waals surface area contributed by atoms with Gasteiger partial charge in [0.2, 0.25) is 0 Å². The molecule has 5 heteroatoms. The highest BCUT2D eigenvalue weighted by atomic mass is 19.1. The summed E-state index contributed by atoms with van der Waals surface area (Å²) >= 11 is 0. The lowest BCUT2D eigenvalue weighted by Gasteiger charge is -2.12. The Morgan fingerprint density at radius 1 is 1.45 bits per heavy atom. The number of amidine groups is 1. The van der Waals surface area contributed by atoms with E-state index in [9.17, 15) is 4.39 Å². The summed E-state index contributed by atoms with van der Waals surface area (Å²) in [5.74, 6) is 1.10. The SMILES string of the molecule is CC1CCC(CNCc2cc(F)cc(/C(N)=N/O)c2)C1. The third kappa shape index (κ3) is 3.93. The molecule has 1 saturated carbocycles. The van der Waals surface area contributed by atoms with E-state index in [-0.39, 0.29) is 11.7 Å². The van der Waals surface area contributed by atoms with Crippen LogP contribution >= 0.6 is 0 Å². The van der Waals surface area contributed by atoms with Crippen LogP contribution in [0.25, 0.3) is 0 Å². The van der Waals surface area contributed by atoms with Crippen LogP contribution in [0, 0.1) is 17.7 Å². The smallest absolute Gasteiger partial charge is 0.170 e. The van der Waals surface area contributed by atoms with Crippen LogP contribution in [0.3, 0.4) is 0 Å². The van der Waals surface area contributed by atoms with Gasteiger partial charge in [0.15, 0.2) is 5.84 Å². The molecule has 0 spiro atoms. The second-order valence-electron chi connectivity index (χ2n) is 5.75. The first-order chi connectivity index (χ1) is 9.58. The van der Waals surface area contributed by atoms with Crippen LogP contribution in [0.1, 0.15) is 37.3 Å². The number of nitrogens with two attached hydrogens (primary N) is 1. The van der Waals surface area contributed by atoms with E-state index < -0.39 is 0 Å².